The van der Waals surface area contributed by atoms with Crippen LogP contribution in [-0.2, 0) is 22.7 Å². The first-order chi connectivity index (χ1) is 9.62. The average Bonchev–Trinajstić information content (AvgIpc) is 2.89. The molecule has 3 nitrogen and oxygen atoms in total. The number of hydrogen-bond acceptors (Lipinski definition) is 3. The molecule has 1 aliphatic carbocycles. The molecule has 0 bridgehead atoms. The van der Waals surface area contributed by atoms with Crippen molar-refractivity contribution in [2.75, 3.05) is 12.8 Å². The minimum absolute atomic E-state index is 0.0637. The lowest BCUT2D eigenvalue weighted by Gasteiger charge is -2.30. The molecule has 1 N–H and O–H groups in total. The number of nitrogens with one attached hydrogen (secondary N) is 1. The summed E-state index contributed by atoms with van der Waals surface area (Å²) in [5.41, 5.74) is 4.00. The van der Waals surface area contributed by atoms with Crippen molar-refractivity contribution < 1.29 is 8.42 Å². The van der Waals surface area contributed by atoms with Gasteiger partial charge in [-0.1, -0.05) is 24.6 Å². The molecule has 3 rings (SSSR count). The van der Waals surface area contributed by atoms with Crippen LogP contribution in [-0.4, -0.2) is 26.5 Å². The topological polar surface area (TPSA) is 46.2 Å². The molecule has 2 aliphatic rings. The highest BCUT2D eigenvalue weighted by Crippen LogP contribution is 2.33. The lowest BCUT2D eigenvalue weighted by Crippen LogP contribution is -2.39. The molecule has 4 heteroatoms. The van der Waals surface area contributed by atoms with Crippen molar-refractivity contribution in [3.63, 3.8) is 0 Å². The van der Waals surface area contributed by atoms with E-state index in [4.69, 9.17) is 0 Å². The molecule has 1 heterocycles. The molecular weight excluding hydrogens is 270 g/mol. The van der Waals surface area contributed by atoms with E-state index in [0.29, 0.717) is 5.75 Å². The Kier molecular flexibility index (Phi) is 3.87. The maximum absolute atomic E-state index is 12.3. The summed E-state index contributed by atoms with van der Waals surface area (Å²) in [6.45, 7) is 0. The number of sulfone groups is 1. The summed E-state index contributed by atoms with van der Waals surface area (Å²) >= 11 is 0. The van der Waals surface area contributed by atoms with Crippen molar-refractivity contribution in [3.05, 3.63) is 34.9 Å². The van der Waals surface area contributed by atoms with E-state index in [1.54, 1.807) is 0 Å². The van der Waals surface area contributed by atoms with Crippen molar-refractivity contribution in [3.8, 4) is 0 Å². The molecule has 1 aromatic carbocycles. The molecule has 1 fully saturated rings. The van der Waals surface area contributed by atoms with Gasteiger partial charge in [-0.3, -0.25) is 0 Å². The van der Waals surface area contributed by atoms with Crippen molar-refractivity contribution in [2.45, 2.75) is 49.8 Å². The fourth-order valence-corrected chi connectivity index (χ4v) is 5.85. The quantitative estimate of drug-likeness (QED) is 0.931. The largest absolute Gasteiger partial charge is 0.312 e. The molecule has 0 aromatic heterocycles. The molecule has 0 radical (unpaired) electrons. The van der Waals surface area contributed by atoms with E-state index >= 15 is 0 Å². The summed E-state index contributed by atoms with van der Waals surface area (Å²) < 4.78 is 24.7. The van der Waals surface area contributed by atoms with Crippen molar-refractivity contribution in [2.24, 2.45) is 0 Å². The van der Waals surface area contributed by atoms with Crippen molar-refractivity contribution in [1.29, 1.82) is 0 Å². The lowest BCUT2D eigenvalue weighted by molar-refractivity contribution is 0.469. The first-order valence-electron chi connectivity index (χ1n) is 7.62. The molecule has 20 heavy (non-hydrogen) atoms. The number of benzene rings is 1. The minimum atomic E-state index is -2.96. The number of fused-ring (bicyclic) bond motifs is 1. The van der Waals surface area contributed by atoms with E-state index in [1.165, 1.54) is 24.0 Å². The summed E-state index contributed by atoms with van der Waals surface area (Å²) in [6.07, 6.45) is 6.15. The molecule has 1 aromatic rings. The predicted molar refractivity (Wildman–Crippen MR) is 81.7 cm³/mol. The standard InChI is InChI=1S/C16H23NO2S/c1-17-16(15-7-2-3-10-20(15,18)19)14-9-8-12-5-4-6-13(12)11-14/h8-9,11,15-17H,2-7,10H2,1H3. The number of hydrogen-bond donors (Lipinski definition) is 1. The monoisotopic (exact) mass is 293 g/mol. The van der Waals surface area contributed by atoms with Crippen LogP contribution in [0, 0.1) is 0 Å². The molecule has 0 saturated carbocycles. The Morgan fingerprint density at radius 3 is 2.70 bits per heavy atom. The zero-order valence-corrected chi connectivity index (χ0v) is 12.9. The van der Waals surface area contributed by atoms with Crippen LogP contribution in [0.2, 0.25) is 0 Å². The second-order valence-corrected chi connectivity index (χ2v) is 8.39. The van der Waals surface area contributed by atoms with Crippen LogP contribution in [0.15, 0.2) is 18.2 Å². The fourth-order valence-electron chi connectivity index (χ4n) is 3.71. The number of rotatable bonds is 3. The van der Waals surface area contributed by atoms with Gasteiger partial charge in [0.05, 0.1) is 11.0 Å². The summed E-state index contributed by atoms with van der Waals surface area (Å²) in [7, 11) is -1.08. The maximum Gasteiger partial charge on any atom is 0.155 e. The Balaban J connectivity index is 1.93. The summed E-state index contributed by atoms with van der Waals surface area (Å²) in [4.78, 5) is 0. The Bertz CT molecular complexity index is 594. The van der Waals surface area contributed by atoms with Gasteiger partial charge < -0.3 is 5.32 Å². The first-order valence-corrected chi connectivity index (χ1v) is 9.34. The Morgan fingerprint density at radius 1 is 1.15 bits per heavy atom. The van der Waals surface area contributed by atoms with E-state index in [-0.39, 0.29) is 11.3 Å². The Labute approximate surface area is 121 Å². The van der Waals surface area contributed by atoms with Crippen LogP contribution in [0.5, 0.6) is 0 Å². The van der Waals surface area contributed by atoms with Gasteiger partial charge in [0.2, 0.25) is 0 Å². The van der Waals surface area contributed by atoms with E-state index in [9.17, 15) is 8.42 Å². The second kappa shape index (κ2) is 5.49. The van der Waals surface area contributed by atoms with Crippen molar-refractivity contribution >= 4 is 9.84 Å². The van der Waals surface area contributed by atoms with E-state index in [0.717, 1.165) is 31.2 Å². The zero-order chi connectivity index (χ0) is 14.2. The molecule has 2 unspecified atom stereocenters. The van der Waals surface area contributed by atoms with Gasteiger partial charge in [-0.25, -0.2) is 8.42 Å². The van der Waals surface area contributed by atoms with E-state index in [2.05, 4.69) is 23.5 Å². The normalized spacial score (nSPS) is 26.1. The Morgan fingerprint density at radius 2 is 1.95 bits per heavy atom. The van der Waals surface area contributed by atoms with E-state index < -0.39 is 9.84 Å². The zero-order valence-electron chi connectivity index (χ0n) is 12.1. The van der Waals surface area contributed by atoms with Crippen LogP contribution in [0.1, 0.15) is 48.4 Å². The van der Waals surface area contributed by atoms with Crippen LogP contribution in [0.4, 0.5) is 0 Å². The first kappa shape index (κ1) is 14.1. The van der Waals surface area contributed by atoms with E-state index in [1.807, 2.05) is 7.05 Å². The summed E-state index contributed by atoms with van der Waals surface area (Å²) in [5.74, 6) is 0.348. The van der Waals surface area contributed by atoms with Gasteiger partial charge in [-0.2, -0.15) is 0 Å². The molecule has 2 atom stereocenters. The number of aryl methyl sites for hydroxylation is 2. The molecule has 110 valence electrons. The highest BCUT2D eigenvalue weighted by Gasteiger charge is 2.35. The minimum Gasteiger partial charge on any atom is -0.312 e. The van der Waals surface area contributed by atoms with Crippen LogP contribution >= 0.6 is 0 Å². The maximum atomic E-state index is 12.3. The van der Waals surface area contributed by atoms with Gasteiger partial charge >= 0.3 is 0 Å². The van der Waals surface area contributed by atoms with Gasteiger partial charge in [0.15, 0.2) is 9.84 Å². The Hall–Kier alpha value is -0.870. The van der Waals surface area contributed by atoms with Crippen LogP contribution in [0.3, 0.4) is 0 Å². The SMILES string of the molecule is CNC(c1ccc2c(c1)CCC2)C1CCCCS1(=O)=O. The molecule has 0 spiro atoms. The van der Waals surface area contributed by atoms with Crippen molar-refractivity contribution in [1.82, 2.24) is 5.32 Å². The smallest absolute Gasteiger partial charge is 0.155 e. The van der Waals surface area contributed by atoms with Gasteiger partial charge in [-0.15, -0.1) is 0 Å². The lowest BCUT2D eigenvalue weighted by atomic mass is 9.96. The third-order valence-electron chi connectivity index (χ3n) is 4.79. The highest BCUT2D eigenvalue weighted by atomic mass is 32.2. The summed E-state index contributed by atoms with van der Waals surface area (Å²) in [6, 6.07) is 6.48. The average molecular weight is 293 g/mol. The highest BCUT2D eigenvalue weighted by molar-refractivity contribution is 7.92. The molecule has 0 amide bonds. The predicted octanol–water partition coefficient (Wildman–Crippen LogP) is 2.40. The van der Waals surface area contributed by atoms with Gasteiger partial charge in [0.1, 0.15) is 0 Å². The third kappa shape index (κ3) is 2.51. The van der Waals surface area contributed by atoms with Crippen LogP contribution in [0.25, 0.3) is 0 Å². The fraction of sp³-hybridized carbons (Fsp3) is 0.625. The third-order valence-corrected chi connectivity index (χ3v) is 7.08. The summed E-state index contributed by atoms with van der Waals surface area (Å²) in [5, 5.41) is 2.99. The molecule has 1 saturated heterocycles. The van der Waals surface area contributed by atoms with Gasteiger partial charge in [0, 0.05) is 6.04 Å². The molecular formula is C16H23NO2S. The van der Waals surface area contributed by atoms with Gasteiger partial charge in [-0.05, 0) is 55.8 Å². The molecule has 1 aliphatic heterocycles. The van der Waals surface area contributed by atoms with Crippen LogP contribution < -0.4 is 5.32 Å². The van der Waals surface area contributed by atoms with Gasteiger partial charge in [0.25, 0.3) is 0 Å². The second-order valence-electron chi connectivity index (χ2n) is 6.05.